The van der Waals surface area contributed by atoms with Gasteiger partial charge in [0.1, 0.15) is 11.5 Å². The van der Waals surface area contributed by atoms with Crippen molar-refractivity contribution in [3.05, 3.63) is 36.1 Å². The Morgan fingerprint density at radius 3 is 2.75 bits per heavy atom. The van der Waals surface area contributed by atoms with Gasteiger partial charge in [0.25, 0.3) is 0 Å². The molecule has 1 aromatic heterocycles. The maximum Gasteiger partial charge on any atom is 0.231 e. The smallest absolute Gasteiger partial charge is 0.231 e. The second kappa shape index (κ2) is 3.59. The van der Waals surface area contributed by atoms with E-state index >= 15 is 0 Å². The molecule has 0 saturated carbocycles. The minimum Gasteiger partial charge on any atom is -0.461 e. The van der Waals surface area contributed by atoms with Crippen LogP contribution in [0.1, 0.15) is 12.7 Å². The third-order valence-electron chi connectivity index (χ3n) is 2.67. The molecule has 0 bridgehead atoms. The summed E-state index contributed by atoms with van der Waals surface area (Å²) in [7, 11) is 0. The Bertz CT molecular complexity index is 514. The van der Waals surface area contributed by atoms with Gasteiger partial charge in [-0.25, -0.2) is 0 Å². The number of furan rings is 1. The van der Waals surface area contributed by atoms with Gasteiger partial charge in [-0.2, -0.15) is 0 Å². The summed E-state index contributed by atoms with van der Waals surface area (Å²) < 4.78 is 16.3. The standard InChI is InChI=1S/C13H12O3/c1-2-10-4-6-11(16-10)9-3-5-12-13(7-9)15-8-14-12/h3-7H,2,8H2,1H3. The predicted octanol–water partition coefficient (Wildman–Crippen LogP) is 3.24. The highest BCUT2D eigenvalue weighted by molar-refractivity contribution is 5.63. The highest BCUT2D eigenvalue weighted by atomic mass is 16.7. The average Bonchev–Trinajstić information content (AvgIpc) is 2.96. The van der Waals surface area contributed by atoms with Crippen molar-refractivity contribution < 1.29 is 13.9 Å². The van der Waals surface area contributed by atoms with E-state index < -0.39 is 0 Å². The summed E-state index contributed by atoms with van der Waals surface area (Å²) in [6, 6.07) is 9.81. The fraction of sp³-hybridized carbons (Fsp3) is 0.231. The Labute approximate surface area is 93.6 Å². The first-order valence-corrected chi connectivity index (χ1v) is 5.35. The SMILES string of the molecule is CCc1ccc(-c2ccc3c(c2)OCO3)o1. The fourth-order valence-electron chi connectivity index (χ4n) is 1.77. The predicted molar refractivity (Wildman–Crippen MR) is 59.6 cm³/mol. The van der Waals surface area contributed by atoms with Gasteiger partial charge in [-0.05, 0) is 30.3 Å². The molecule has 0 atom stereocenters. The number of benzene rings is 1. The molecule has 0 radical (unpaired) electrons. The summed E-state index contributed by atoms with van der Waals surface area (Å²) in [5, 5.41) is 0. The van der Waals surface area contributed by atoms with E-state index in [-0.39, 0.29) is 0 Å². The van der Waals surface area contributed by atoms with E-state index in [1.807, 2.05) is 30.3 Å². The number of hydrogen-bond donors (Lipinski definition) is 0. The molecule has 3 nitrogen and oxygen atoms in total. The first-order chi connectivity index (χ1) is 7.86. The zero-order valence-corrected chi connectivity index (χ0v) is 9.03. The Kier molecular flexibility index (Phi) is 2.10. The maximum atomic E-state index is 5.68. The monoisotopic (exact) mass is 216 g/mol. The molecule has 0 saturated heterocycles. The van der Waals surface area contributed by atoms with Gasteiger partial charge in [0.2, 0.25) is 6.79 Å². The number of rotatable bonds is 2. The van der Waals surface area contributed by atoms with Crippen LogP contribution in [0.5, 0.6) is 11.5 Å². The first kappa shape index (κ1) is 9.33. The molecule has 82 valence electrons. The normalized spacial score (nSPS) is 13.1. The second-order valence-electron chi connectivity index (χ2n) is 3.69. The quantitative estimate of drug-likeness (QED) is 0.772. The van der Waals surface area contributed by atoms with Crippen molar-refractivity contribution >= 4 is 0 Å². The molecule has 0 unspecified atom stereocenters. The Morgan fingerprint density at radius 2 is 1.94 bits per heavy atom. The molecule has 1 aliphatic rings. The molecule has 2 aromatic rings. The van der Waals surface area contributed by atoms with Crippen molar-refractivity contribution in [3.63, 3.8) is 0 Å². The maximum absolute atomic E-state index is 5.68. The second-order valence-corrected chi connectivity index (χ2v) is 3.69. The lowest BCUT2D eigenvalue weighted by Crippen LogP contribution is -1.92. The molecule has 0 amide bonds. The van der Waals surface area contributed by atoms with E-state index in [0.717, 1.165) is 35.0 Å². The van der Waals surface area contributed by atoms with Crippen molar-refractivity contribution in [1.29, 1.82) is 0 Å². The Morgan fingerprint density at radius 1 is 1.06 bits per heavy atom. The van der Waals surface area contributed by atoms with Crippen LogP contribution in [0.25, 0.3) is 11.3 Å². The molecule has 0 fully saturated rings. The summed E-state index contributed by atoms with van der Waals surface area (Å²) in [5.41, 5.74) is 1.02. The topological polar surface area (TPSA) is 31.6 Å². The van der Waals surface area contributed by atoms with Gasteiger partial charge in [0.15, 0.2) is 11.5 Å². The minimum absolute atomic E-state index is 0.303. The van der Waals surface area contributed by atoms with E-state index in [2.05, 4.69) is 6.92 Å². The summed E-state index contributed by atoms with van der Waals surface area (Å²) in [6.07, 6.45) is 0.907. The van der Waals surface area contributed by atoms with Crippen LogP contribution >= 0.6 is 0 Å². The average molecular weight is 216 g/mol. The molecule has 1 aliphatic heterocycles. The van der Waals surface area contributed by atoms with Gasteiger partial charge >= 0.3 is 0 Å². The van der Waals surface area contributed by atoms with Gasteiger partial charge < -0.3 is 13.9 Å². The summed E-state index contributed by atoms with van der Waals surface area (Å²) in [5.74, 6) is 3.45. The van der Waals surface area contributed by atoms with E-state index in [1.54, 1.807) is 0 Å². The third kappa shape index (κ3) is 1.45. The minimum atomic E-state index is 0.303. The van der Waals surface area contributed by atoms with Gasteiger partial charge in [0, 0.05) is 12.0 Å². The van der Waals surface area contributed by atoms with Crippen LogP contribution in [0.3, 0.4) is 0 Å². The van der Waals surface area contributed by atoms with Crippen molar-refractivity contribution in [2.75, 3.05) is 6.79 Å². The van der Waals surface area contributed by atoms with Crippen LogP contribution in [-0.4, -0.2) is 6.79 Å². The van der Waals surface area contributed by atoms with Gasteiger partial charge in [-0.15, -0.1) is 0 Å². The number of ether oxygens (including phenoxy) is 2. The molecule has 16 heavy (non-hydrogen) atoms. The van der Waals surface area contributed by atoms with Crippen LogP contribution in [-0.2, 0) is 6.42 Å². The third-order valence-corrected chi connectivity index (χ3v) is 2.67. The number of fused-ring (bicyclic) bond motifs is 1. The number of hydrogen-bond acceptors (Lipinski definition) is 3. The van der Waals surface area contributed by atoms with Crippen LogP contribution in [0.4, 0.5) is 0 Å². The Hall–Kier alpha value is -1.90. The molecule has 0 spiro atoms. The zero-order chi connectivity index (χ0) is 11.0. The van der Waals surface area contributed by atoms with Crippen molar-refractivity contribution in [3.8, 4) is 22.8 Å². The molecule has 1 aromatic carbocycles. The van der Waals surface area contributed by atoms with Gasteiger partial charge in [-0.1, -0.05) is 6.92 Å². The molecule has 3 rings (SSSR count). The van der Waals surface area contributed by atoms with E-state index in [9.17, 15) is 0 Å². The number of aryl methyl sites for hydroxylation is 1. The van der Waals surface area contributed by atoms with E-state index in [1.165, 1.54) is 0 Å². The summed E-state index contributed by atoms with van der Waals surface area (Å²) >= 11 is 0. The lowest BCUT2D eigenvalue weighted by atomic mass is 10.1. The highest BCUT2D eigenvalue weighted by Crippen LogP contribution is 2.36. The van der Waals surface area contributed by atoms with Crippen LogP contribution < -0.4 is 9.47 Å². The molecule has 2 heterocycles. The van der Waals surface area contributed by atoms with E-state index in [0.29, 0.717) is 6.79 Å². The van der Waals surface area contributed by atoms with Crippen LogP contribution in [0.15, 0.2) is 34.7 Å². The highest BCUT2D eigenvalue weighted by Gasteiger charge is 2.14. The fourth-order valence-corrected chi connectivity index (χ4v) is 1.77. The lowest BCUT2D eigenvalue weighted by Gasteiger charge is -1.99. The summed E-state index contributed by atoms with van der Waals surface area (Å²) in [4.78, 5) is 0. The molecule has 0 N–H and O–H groups in total. The Balaban J connectivity index is 2.00. The van der Waals surface area contributed by atoms with Crippen LogP contribution in [0, 0.1) is 0 Å². The summed E-state index contributed by atoms with van der Waals surface area (Å²) in [6.45, 7) is 2.37. The van der Waals surface area contributed by atoms with E-state index in [4.69, 9.17) is 13.9 Å². The first-order valence-electron chi connectivity index (χ1n) is 5.35. The lowest BCUT2D eigenvalue weighted by molar-refractivity contribution is 0.174. The van der Waals surface area contributed by atoms with Gasteiger partial charge in [-0.3, -0.25) is 0 Å². The van der Waals surface area contributed by atoms with Crippen LogP contribution in [0.2, 0.25) is 0 Å². The molecule has 3 heteroatoms. The van der Waals surface area contributed by atoms with Crippen molar-refractivity contribution in [2.24, 2.45) is 0 Å². The van der Waals surface area contributed by atoms with Crippen molar-refractivity contribution in [2.45, 2.75) is 13.3 Å². The van der Waals surface area contributed by atoms with Crippen molar-refractivity contribution in [1.82, 2.24) is 0 Å². The molecule has 0 aliphatic carbocycles. The zero-order valence-electron chi connectivity index (χ0n) is 9.03. The largest absolute Gasteiger partial charge is 0.461 e. The van der Waals surface area contributed by atoms with Gasteiger partial charge in [0.05, 0.1) is 0 Å². The molecular formula is C13H12O3. The molecular weight excluding hydrogens is 204 g/mol.